The molecule has 0 aliphatic heterocycles. The van der Waals surface area contributed by atoms with E-state index in [2.05, 4.69) is 39.3 Å². The Labute approximate surface area is 140 Å². The van der Waals surface area contributed by atoms with E-state index in [0.29, 0.717) is 34.4 Å². The number of aromatic nitrogens is 4. The normalized spacial score (nSPS) is 11.1. The van der Waals surface area contributed by atoms with Crippen molar-refractivity contribution >= 4 is 49.8 Å². The SMILES string of the molecule is CCOC(=O)c1csc2ncnc(Nc3nnc(C(C)C)s3)c12. The summed E-state index contributed by atoms with van der Waals surface area (Å²) in [4.78, 5) is 21.3. The summed E-state index contributed by atoms with van der Waals surface area (Å²) in [5.41, 5.74) is 0.462. The van der Waals surface area contributed by atoms with Crippen molar-refractivity contribution in [1.29, 1.82) is 0 Å². The summed E-state index contributed by atoms with van der Waals surface area (Å²) in [6, 6.07) is 0. The van der Waals surface area contributed by atoms with Gasteiger partial charge in [-0.15, -0.1) is 21.5 Å². The van der Waals surface area contributed by atoms with Crippen LogP contribution < -0.4 is 5.32 Å². The average molecular weight is 349 g/mol. The number of anilines is 2. The number of carbonyl (C=O) groups is 1. The molecule has 0 aromatic carbocycles. The van der Waals surface area contributed by atoms with E-state index in [9.17, 15) is 4.79 Å². The van der Waals surface area contributed by atoms with Crippen molar-refractivity contribution in [2.45, 2.75) is 26.7 Å². The molecule has 3 aromatic rings. The van der Waals surface area contributed by atoms with Gasteiger partial charge in [0.05, 0.1) is 17.6 Å². The van der Waals surface area contributed by atoms with Crippen LogP contribution in [0.5, 0.6) is 0 Å². The molecule has 0 saturated carbocycles. The van der Waals surface area contributed by atoms with Crippen molar-refractivity contribution in [3.05, 3.63) is 22.3 Å². The van der Waals surface area contributed by atoms with Gasteiger partial charge >= 0.3 is 5.97 Å². The van der Waals surface area contributed by atoms with Gasteiger partial charge in [-0.3, -0.25) is 0 Å². The molecule has 0 fully saturated rings. The number of hydrogen-bond acceptors (Lipinski definition) is 9. The van der Waals surface area contributed by atoms with Gasteiger partial charge in [-0.1, -0.05) is 25.2 Å². The Kier molecular flexibility index (Phi) is 4.49. The van der Waals surface area contributed by atoms with Crippen LogP contribution >= 0.6 is 22.7 Å². The molecule has 1 N–H and O–H groups in total. The van der Waals surface area contributed by atoms with Crippen LogP contribution in [-0.2, 0) is 4.74 Å². The maximum Gasteiger partial charge on any atom is 0.339 e. The maximum absolute atomic E-state index is 12.1. The molecule has 0 aliphatic rings. The molecule has 0 radical (unpaired) electrons. The number of hydrogen-bond donors (Lipinski definition) is 1. The van der Waals surface area contributed by atoms with Crippen molar-refractivity contribution in [3.63, 3.8) is 0 Å². The molecule has 0 saturated heterocycles. The fourth-order valence-electron chi connectivity index (χ4n) is 1.95. The Bertz CT molecular complexity index is 843. The number of carbonyl (C=O) groups excluding carboxylic acids is 1. The molecule has 9 heteroatoms. The third kappa shape index (κ3) is 3.15. The maximum atomic E-state index is 12.1. The Balaban J connectivity index is 1.99. The molecule has 0 amide bonds. The number of ether oxygens (including phenoxy) is 1. The Morgan fingerprint density at radius 1 is 1.35 bits per heavy atom. The lowest BCUT2D eigenvalue weighted by Crippen LogP contribution is -2.05. The van der Waals surface area contributed by atoms with Crippen molar-refractivity contribution in [1.82, 2.24) is 20.2 Å². The topological polar surface area (TPSA) is 89.9 Å². The zero-order chi connectivity index (χ0) is 16.4. The van der Waals surface area contributed by atoms with E-state index in [1.807, 2.05) is 0 Å². The standard InChI is InChI=1S/C14H15N5O2S2/c1-4-21-13(20)8-5-22-12-9(8)10(15-6-16-12)17-14-19-18-11(23-14)7(2)3/h5-7H,4H2,1-3H3,(H,15,16,17,19). The Hall–Kier alpha value is -2.13. The first-order valence-corrected chi connectivity index (χ1v) is 8.79. The first kappa shape index (κ1) is 15.8. The molecular weight excluding hydrogens is 334 g/mol. The molecule has 0 unspecified atom stereocenters. The van der Waals surface area contributed by atoms with E-state index in [-0.39, 0.29) is 5.97 Å². The monoisotopic (exact) mass is 349 g/mol. The minimum Gasteiger partial charge on any atom is -0.462 e. The second kappa shape index (κ2) is 6.55. The molecule has 0 aliphatic carbocycles. The van der Waals surface area contributed by atoms with E-state index in [1.54, 1.807) is 12.3 Å². The molecule has 0 spiro atoms. The lowest BCUT2D eigenvalue weighted by molar-refractivity contribution is 0.0529. The van der Waals surface area contributed by atoms with E-state index in [0.717, 1.165) is 9.84 Å². The van der Waals surface area contributed by atoms with Gasteiger partial charge in [0, 0.05) is 11.3 Å². The molecule has 0 atom stereocenters. The number of nitrogens with zero attached hydrogens (tertiary/aromatic N) is 4. The molecule has 3 rings (SSSR count). The average Bonchev–Trinajstić information content (AvgIpc) is 3.14. The highest BCUT2D eigenvalue weighted by Gasteiger charge is 2.19. The summed E-state index contributed by atoms with van der Waals surface area (Å²) in [5.74, 6) is 0.465. The lowest BCUT2D eigenvalue weighted by atomic mass is 10.2. The van der Waals surface area contributed by atoms with Crippen molar-refractivity contribution in [2.75, 3.05) is 11.9 Å². The molecule has 23 heavy (non-hydrogen) atoms. The minimum atomic E-state index is -0.378. The lowest BCUT2D eigenvalue weighted by Gasteiger charge is -2.05. The summed E-state index contributed by atoms with van der Waals surface area (Å²) in [6.45, 7) is 6.22. The van der Waals surface area contributed by atoms with Crippen LogP contribution in [-0.4, -0.2) is 32.7 Å². The van der Waals surface area contributed by atoms with Gasteiger partial charge in [0.2, 0.25) is 5.13 Å². The summed E-state index contributed by atoms with van der Waals surface area (Å²) in [7, 11) is 0. The van der Waals surface area contributed by atoms with Crippen LogP contribution in [0.1, 0.15) is 42.1 Å². The second-order valence-electron chi connectivity index (χ2n) is 5.00. The van der Waals surface area contributed by atoms with Gasteiger partial charge in [0.1, 0.15) is 22.0 Å². The van der Waals surface area contributed by atoms with Crippen molar-refractivity contribution in [2.24, 2.45) is 0 Å². The summed E-state index contributed by atoms with van der Waals surface area (Å²) >= 11 is 2.84. The van der Waals surface area contributed by atoms with Gasteiger partial charge in [-0.25, -0.2) is 14.8 Å². The van der Waals surface area contributed by atoms with Gasteiger partial charge in [0.15, 0.2) is 0 Å². The third-order valence-electron chi connectivity index (χ3n) is 3.03. The number of rotatable bonds is 5. The molecular formula is C14H15N5O2S2. The van der Waals surface area contributed by atoms with Crippen LogP contribution in [0, 0.1) is 0 Å². The highest BCUT2D eigenvalue weighted by Crippen LogP contribution is 2.32. The largest absolute Gasteiger partial charge is 0.462 e. The van der Waals surface area contributed by atoms with Crippen molar-refractivity contribution < 1.29 is 9.53 Å². The zero-order valence-electron chi connectivity index (χ0n) is 12.9. The zero-order valence-corrected chi connectivity index (χ0v) is 14.5. The minimum absolute atomic E-state index is 0.310. The van der Waals surface area contributed by atoms with Gasteiger partial charge in [-0.05, 0) is 6.92 Å². The Morgan fingerprint density at radius 3 is 2.87 bits per heavy atom. The highest BCUT2D eigenvalue weighted by molar-refractivity contribution is 7.17. The fraction of sp³-hybridized carbons (Fsp3) is 0.357. The molecule has 120 valence electrons. The van der Waals surface area contributed by atoms with Crippen LogP contribution in [0.25, 0.3) is 10.2 Å². The number of thiophene rings is 1. The smallest absolute Gasteiger partial charge is 0.339 e. The third-order valence-corrected chi connectivity index (χ3v) is 5.05. The Morgan fingerprint density at radius 2 is 2.17 bits per heavy atom. The predicted octanol–water partition coefficient (Wildman–Crippen LogP) is 3.59. The molecule has 7 nitrogen and oxygen atoms in total. The van der Waals surface area contributed by atoms with E-state index in [1.165, 1.54) is 29.0 Å². The first-order chi connectivity index (χ1) is 11.1. The van der Waals surface area contributed by atoms with E-state index < -0.39 is 0 Å². The van der Waals surface area contributed by atoms with Crippen LogP contribution in [0.15, 0.2) is 11.7 Å². The summed E-state index contributed by atoms with van der Waals surface area (Å²) in [5, 5.41) is 15.4. The van der Waals surface area contributed by atoms with Gasteiger partial charge in [0.25, 0.3) is 0 Å². The molecule has 3 heterocycles. The highest BCUT2D eigenvalue weighted by atomic mass is 32.1. The van der Waals surface area contributed by atoms with Crippen LogP contribution in [0.3, 0.4) is 0 Å². The first-order valence-electron chi connectivity index (χ1n) is 7.09. The van der Waals surface area contributed by atoms with Gasteiger partial charge < -0.3 is 10.1 Å². The summed E-state index contributed by atoms with van der Waals surface area (Å²) in [6.07, 6.45) is 1.46. The quantitative estimate of drug-likeness (QED) is 0.704. The number of nitrogens with one attached hydrogen (secondary N) is 1. The number of esters is 1. The molecule has 0 bridgehead atoms. The fourth-order valence-corrected chi connectivity index (χ4v) is 3.57. The second-order valence-corrected chi connectivity index (χ2v) is 6.86. The predicted molar refractivity (Wildman–Crippen MR) is 90.7 cm³/mol. The van der Waals surface area contributed by atoms with E-state index in [4.69, 9.17) is 4.74 Å². The van der Waals surface area contributed by atoms with Crippen LogP contribution in [0.2, 0.25) is 0 Å². The van der Waals surface area contributed by atoms with Crippen LogP contribution in [0.4, 0.5) is 10.9 Å². The van der Waals surface area contributed by atoms with E-state index >= 15 is 0 Å². The molecule has 3 aromatic heterocycles. The van der Waals surface area contributed by atoms with Gasteiger partial charge in [-0.2, -0.15) is 0 Å². The van der Waals surface area contributed by atoms with Crippen molar-refractivity contribution in [3.8, 4) is 0 Å². The number of fused-ring (bicyclic) bond motifs is 1. The summed E-state index contributed by atoms with van der Waals surface area (Å²) < 4.78 is 5.09.